The molecule has 0 unspecified atom stereocenters. The van der Waals surface area contributed by atoms with E-state index in [2.05, 4.69) is 38.9 Å². The van der Waals surface area contributed by atoms with Crippen molar-refractivity contribution in [1.82, 2.24) is 20.2 Å². The fraction of sp³-hybridized carbons (Fsp3) is 0.467. The molecule has 0 aromatic carbocycles. The molecule has 1 saturated heterocycles. The first-order chi connectivity index (χ1) is 11.0. The van der Waals surface area contributed by atoms with Gasteiger partial charge in [-0.25, -0.2) is 9.97 Å². The first kappa shape index (κ1) is 17.4. The molecule has 1 N–H and O–H groups in total. The van der Waals surface area contributed by atoms with E-state index in [1.807, 2.05) is 13.1 Å². The lowest BCUT2D eigenvalue weighted by atomic mass is 10.4. The summed E-state index contributed by atoms with van der Waals surface area (Å²) >= 11 is 0.864. The number of likely N-dealkylation sites (N-methyl/N-ethyl adjacent to an activating group) is 2. The third-order valence-corrected chi connectivity index (χ3v) is 4.41. The first-order valence-corrected chi connectivity index (χ1v) is 8.36. The van der Waals surface area contributed by atoms with Gasteiger partial charge in [0.25, 0.3) is 11.1 Å². The van der Waals surface area contributed by atoms with Gasteiger partial charge >= 0.3 is 0 Å². The van der Waals surface area contributed by atoms with Crippen LogP contribution in [0.2, 0.25) is 0 Å². The minimum atomic E-state index is -0.399. The molecule has 124 valence electrons. The molecule has 0 radical (unpaired) electrons. The van der Waals surface area contributed by atoms with E-state index < -0.39 is 5.91 Å². The van der Waals surface area contributed by atoms with Crippen LogP contribution in [0, 0.1) is 0 Å². The number of imide groups is 1. The Balaban J connectivity index is 2.06. The van der Waals surface area contributed by atoms with Gasteiger partial charge in [-0.05, 0) is 30.9 Å². The Labute approximate surface area is 140 Å². The van der Waals surface area contributed by atoms with Gasteiger partial charge in [-0.15, -0.1) is 0 Å². The van der Waals surface area contributed by atoms with E-state index >= 15 is 0 Å². The van der Waals surface area contributed by atoms with Crippen molar-refractivity contribution < 1.29 is 9.59 Å². The van der Waals surface area contributed by atoms with Crippen LogP contribution in [-0.2, 0) is 4.79 Å². The molecule has 1 aliphatic heterocycles. The summed E-state index contributed by atoms with van der Waals surface area (Å²) in [6.07, 6.45) is 3.19. The van der Waals surface area contributed by atoms with Crippen molar-refractivity contribution in [1.29, 1.82) is 0 Å². The van der Waals surface area contributed by atoms with Crippen LogP contribution in [0.3, 0.4) is 0 Å². The monoisotopic (exact) mass is 335 g/mol. The highest BCUT2D eigenvalue weighted by molar-refractivity contribution is 8.18. The highest BCUT2D eigenvalue weighted by Gasteiger charge is 2.25. The Morgan fingerprint density at radius 1 is 1.26 bits per heavy atom. The van der Waals surface area contributed by atoms with Gasteiger partial charge in [0, 0.05) is 32.4 Å². The van der Waals surface area contributed by atoms with E-state index in [9.17, 15) is 9.59 Å². The zero-order valence-corrected chi connectivity index (χ0v) is 14.4. The maximum Gasteiger partial charge on any atom is 0.290 e. The van der Waals surface area contributed by atoms with E-state index in [0.29, 0.717) is 10.7 Å². The number of hydrogen-bond donors (Lipinski definition) is 1. The van der Waals surface area contributed by atoms with Crippen LogP contribution >= 0.6 is 11.8 Å². The number of anilines is 1. The third-order valence-electron chi connectivity index (χ3n) is 3.60. The Morgan fingerprint density at radius 2 is 2.00 bits per heavy atom. The van der Waals surface area contributed by atoms with Gasteiger partial charge in [-0.1, -0.05) is 13.8 Å². The maximum absolute atomic E-state index is 11.6. The van der Waals surface area contributed by atoms with Gasteiger partial charge in [-0.3, -0.25) is 14.9 Å². The summed E-state index contributed by atoms with van der Waals surface area (Å²) in [4.78, 5) is 36.0. The van der Waals surface area contributed by atoms with Crippen molar-refractivity contribution in [2.45, 2.75) is 13.8 Å². The van der Waals surface area contributed by atoms with Crippen LogP contribution in [0.4, 0.5) is 10.6 Å². The number of carbonyl (C=O) groups is 2. The van der Waals surface area contributed by atoms with Crippen LogP contribution in [-0.4, -0.2) is 59.2 Å². The molecule has 1 fully saturated rings. The summed E-state index contributed by atoms with van der Waals surface area (Å²) in [7, 11) is 1.98. The summed E-state index contributed by atoms with van der Waals surface area (Å²) in [6, 6.07) is 1.83. The fourth-order valence-electron chi connectivity index (χ4n) is 2.13. The maximum atomic E-state index is 11.6. The zero-order chi connectivity index (χ0) is 16.8. The Hall–Kier alpha value is -1.93. The first-order valence-electron chi connectivity index (χ1n) is 7.54. The van der Waals surface area contributed by atoms with Crippen molar-refractivity contribution in [3.05, 3.63) is 23.0 Å². The summed E-state index contributed by atoms with van der Waals surface area (Å²) < 4.78 is 0. The summed E-state index contributed by atoms with van der Waals surface area (Å²) in [5.41, 5.74) is 0. The number of thioether (sulfide) groups is 1. The molecule has 0 bridgehead atoms. The van der Waals surface area contributed by atoms with Gasteiger partial charge in [0.2, 0.25) is 0 Å². The average molecular weight is 335 g/mol. The molecule has 2 amide bonds. The number of carbonyl (C=O) groups excluding carboxylic acids is 2. The predicted molar refractivity (Wildman–Crippen MR) is 92.2 cm³/mol. The molecule has 0 spiro atoms. The lowest BCUT2D eigenvalue weighted by Gasteiger charge is -2.23. The largest absolute Gasteiger partial charge is 0.358 e. The minimum absolute atomic E-state index is 0.318. The quantitative estimate of drug-likeness (QED) is 0.758. The van der Waals surface area contributed by atoms with E-state index in [0.717, 1.165) is 43.8 Å². The number of amides is 2. The number of nitrogens with one attached hydrogen (secondary N) is 1. The van der Waals surface area contributed by atoms with Crippen molar-refractivity contribution in [3.8, 4) is 0 Å². The van der Waals surface area contributed by atoms with Gasteiger partial charge in [-0.2, -0.15) is 0 Å². The summed E-state index contributed by atoms with van der Waals surface area (Å²) in [5, 5.41) is 1.85. The zero-order valence-electron chi connectivity index (χ0n) is 13.6. The molecule has 1 aromatic rings. The second kappa shape index (κ2) is 8.07. The SMILES string of the molecule is CCN(CC)CCN(C)c1ccnc(C=C2SC(=O)NC2=O)n1. The molecule has 8 heteroatoms. The molecule has 2 rings (SSSR count). The highest BCUT2D eigenvalue weighted by Crippen LogP contribution is 2.24. The van der Waals surface area contributed by atoms with Crippen LogP contribution < -0.4 is 10.2 Å². The molecule has 1 aromatic heterocycles. The average Bonchev–Trinajstić information content (AvgIpc) is 2.86. The molecule has 1 aliphatic rings. The van der Waals surface area contributed by atoms with E-state index in [-0.39, 0.29) is 5.24 Å². The predicted octanol–water partition coefficient (Wildman–Crippen LogP) is 1.58. The molecule has 2 heterocycles. The number of nitrogens with zero attached hydrogens (tertiary/aromatic N) is 4. The smallest absolute Gasteiger partial charge is 0.290 e. The Morgan fingerprint density at radius 3 is 2.61 bits per heavy atom. The van der Waals surface area contributed by atoms with Gasteiger partial charge in [0.05, 0.1) is 4.91 Å². The highest BCUT2D eigenvalue weighted by atomic mass is 32.2. The molecular weight excluding hydrogens is 314 g/mol. The van der Waals surface area contributed by atoms with Crippen molar-refractivity contribution in [2.75, 3.05) is 38.1 Å². The van der Waals surface area contributed by atoms with E-state index in [4.69, 9.17) is 0 Å². The Kier molecular flexibility index (Phi) is 6.12. The molecule has 23 heavy (non-hydrogen) atoms. The lowest BCUT2D eigenvalue weighted by Crippen LogP contribution is -2.33. The summed E-state index contributed by atoms with van der Waals surface area (Å²) in [6.45, 7) is 8.13. The van der Waals surface area contributed by atoms with Gasteiger partial charge in [0.1, 0.15) is 5.82 Å². The van der Waals surface area contributed by atoms with Crippen LogP contribution in [0.15, 0.2) is 17.2 Å². The molecule has 7 nitrogen and oxygen atoms in total. The van der Waals surface area contributed by atoms with Crippen LogP contribution in [0.1, 0.15) is 19.7 Å². The molecule has 0 saturated carbocycles. The van der Waals surface area contributed by atoms with Crippen LogP contribution in [0.25, 0.3) is 6.08 Å². The second-order valence-electron chi connectivity index (χ2n) is 5.07. The van der Waals surface area contributed by atoms with Crippen molar-refractivity contribution >= 4 is 34.8 Å². The number of rotatable bonds is 7. The lowest BCUT2D eigenvalue weighted by molar-refractivity contribution is -0.115. The fourth-order valence-corrected chi connectivity index (χ4v) is 2.78. The summed E-state index contributed by atoms with van der Waals surface area (Å²) in [5.74, 6) is 0.808. The van der Waals surface area contributed by atoms with Gasteiger partial charge < -0.3 is 9.80 Å². The van der Waals surface area contributed by atoms with Crippen LogP contribution in [0.5, 0.6) is 0 Å². The topological polar surface area (TPSA) is 78.4 Å². The van der Waals surface area contributed by atoms with E-state index in [1.54, 1.807) is 6.20 Å². The number of aromatic nitrogens is 2. The standard InChI is InChI=1S/C15H21N5O2S/c1-4-20(5-2)9-8-19(3)13-6-7-16-12(17-13)10-11-14(21)18-15(22)23-11/h6-7,10H,4-5,8-9H2,1-3H3,(H,18,21,22). The normalized spacial score (nSPS) is 16.3. The minimum Gasteiger partial charge on any atom is -0.358 e. The van der Waals surface area contributed by atoms with Crippen molar-refractivity contribution in [3.63, 3.8) is 0 Å². The molecule has 0 atom stereocenters. The second-order valence-corrected chi connectivity index (χ2v) is 6.09. The molecular formula is C15H21N5O2S. The third kappa shape index (κ3) is 4.77. The van der Waals surface area contributed by atoms with E-state index in [1.165, 1.54) is 6.08 Å². The molecule has 0 aliphatic carbocycles. The number of hydrogen-bond acceptors (Lipinski definition) is 7. The Bertz CT molecular complexity index is 616. The van der Waals surface area contributed by atoms with Gasteiger partial charge in [0.15, 0.2) is 5.82 Å². The van der Waals surface area contributed by atoms with Crippen molar-refractivity contribution in [2.24, 2.45) is 0 Å².